The third-order valence-corrected chi connectivity index (χ3v) is 3.38. The molecule has 0 fully saturated rings. The molecule has 0 spiro atoms. The average Bonchev–Trinajstić information content (AvgIpc) is 2.99. The second kappa shape index (κ2) is 7.53. The van der Waals surface area contributed by atoms with Gasteiger partial charge in [-0.25, -0.2) is 9.97 Å². The first-order chi connectivity index (χ1) is 11.0. The highest BCUT2D eigenvalue weighted by atomic mass is 16.2. The highest BCUT2D eigenvalue weighted by Crippen LogP contribution is 2.10. The molecule has 122 valence electrons. The predicted octanol–water partition coefficient (Wildman–Crippen LogP) is 1.73. The molecule has 2 aromatic rings. The molecule has 0 aliphatic carbocycles. The van der Waals surface area contributed by atoms with Gasteiger partial charge in [0.15, 0.2) is 0 Å². The number of hydrogen-bond donors (Lipinski definition) is 1. The summed E-state index contributed by atoms with van der Waals surface area (Å²) in [5, 5.41) is 4.24. The normalized spacial score (nSPS) is 11.3. The monoisotopic (exact) mass is 314 g/mol. The van der Waals surface area contributed by atoms with Crippen LogP contribution in [0.3, 0.4) is 0 Å². The summed E-state index contributed by atoms with van der Waals surface area (Å²) in [6.07, 6.45) is 10.1. The van der Waals surface area contributed by atoms with E-state index in [0.717, 1.165) is 17.7 Å². The molecule has 0 saturated heterocycles. The molecule has 2 heterocycles. The fourth-order valence-corrected chi connectivity index (χ4v) is 2.07. The number of aromatic nitrogens is 4. The average molecular weight is 314 g/mol. The number of aryl methyl sites for hydroxylation is 1. The van der Waals surface area contributed by atoms with E-state index in [0.29, 0.717) is 6.54 Å². The summed E-state index contributed by atoms with van der Waals surface area (Å²) in [4.78, 5) is 22.0. The number of anilines is 1. The molecular weight excluding hydrogens is 292 g/mol. The Morgan fingerprint density at radius 1 is 1.35 bits per heavy atom. The Balaban J connectivity index is 2.07. The van der Waals surface area contributed by atoms with Crippen molar-refractivity contribution in [1.82, 2.24) is 24.6 Å². The lowest BCUT2D eigenvalue weighted by molar-refractivity contribution is -0.128. The fraction of sp³-hybridized carbons (Fsp3) is 0.375. The van der Waals surface area contributed by atoms with Gasteiger partial charge < -0.3 is 10.6 Å². The van der Waals surface area contributed by atoms with Gasteiger partial charge in [-0.1, -0.05) is 0 Å². The van der Waals surface area contributed by atoms with Crippen LogP contribution >= 0.6 is 0 Å². The van der Waals surface area contributed by atoms with E-state index in [1.54, 1.807) is 29.6 Å². The second-order valence-corrected chi connectivity index (χ2v) is 5.47. The molecule has 0 radical (unpaired) electrons. The van der Waals surface area contributed by atoms with Crippen LogP contribution in [0.1, 0.15) is 31.9 Å². The maximum Gasteiger partial charge on any atom is 0.247 e. The molecule has 7 nitrogen and oxygen atoms in total. The zero-order valence-corrected chi connectivity index (χ0v) is 13.7. The summed E-state index contributed by atoms with van der Waals surface area (Å²) in [5.41, 5.74) is 7.18. The van der Waals surface area contributed by atoms with Crippen molar-refractivity contribution in [2.75, 3.05) is 5.73 Å². The lowest BCUT2D eigenvalue weighted by atomic mass is 10.2. The van der Waals surface area contributed by atoms with E-state index in [-0.39, 0.29) is 17.9 Å². The van der Waals surface area contributed by atoms with Crippen LogP contribution in [-0.2, 0) is 17.9 Å². The van der Waals surface area contributed by atoms with Gasteiger partial charge in [0.2, 0.25) is 11.9 Å². The second-order valence-electron chi connectivity index (χ2n) is 5.47. The van der Waals surface area contributed by atoms with Crippen LogP contribution in [0.4, 0.5) is 5.95 Å². The van der Waals surface area contributed by atoms with Crippen LogP contribution in [0, 0.1) is 0 Å². The molecule has 0 aromatic carbocycles. The lowest BCUT2D eigenvalue weighted by Crippen LogP contribution is -2.35. The summed E-state index contributed by atoms with van der Waals surface area (Å²) in [6, 6.07) is 0.0831. The molecule has 2 aromatic heterocycles. The molecule has 0 aliphatic heterocycles. The first-order valence-electron chi connectivity index (χ1n) is 7.57. The van der Waals surface area contributed by atoms with E-state index in [4.69, 9.17) is 5.73 Å². The van der Waals surface area contributed by atoms with Crippen molar-refractivity contribution >= 4 is 17.9 Å². The molecule has 0 unspecified atom stereocenters. The Kier molecular flexibility index (Phi) is 5.46. The minimum absolute atomic E-state index is 0.0685. The summed E-state index contributed by atoms with van der Waals surface area (Å²) >= 11 is 0. The topological polar surface area (TPSA) is 89.9 Å². The lowest BCUT2D eigenvalue weighted by Gasteiger charge is -2.24. The molecule has 7 heteroatoms. The molecule has 0 aliphatic rings. The molecule has 1 amide bonds. The minimum Gasteiger partial charge on any atom is -0.368 e. The van der Waals surface area contributed by atoms with E-state index in [1.165, 1.54) is 6.08 Å². The van der Waals surface area contributed by atoms with Gasteiger partial charge in [0.25, 0.3) is 0 Å². The molecule has 2 rings (SSSR count). The molecule has 0 atom stereocenters. The van der Waals surface area contributed by atoms with Crippen molar-refractivity contribution in [2.24, 2.45) is 0 Å². The maximum atomic E-state index is 12.5. The van der Waals surface area contributed by atoms with Crippen molar-refractivity contribution in [3.8, 4) is 0 Å². The molecule has 0 saturated carbocycles. The Hall–Kier alpha value is -2.70. The molecule has 0 bridgehead atoms. The summed E-state index contributed by atoms with van der Waals surface area (Å²) in [5.74, 6) is 0.145. The van der Waals surface area contributed by atoms with E-state index in [2.05, 4.69) is 15.1 Å². The third-order valence-electron chi connectivity index (χ3n) is 3.38. The largest absolute Gasteiger partial charge is 0.368 e. The van der Waals surface area contributed by atoms with Crippen LogP contribution < -0.4 is 5.73 Å². The number of nitrogens with two attached hydrogens (primary N) is 1. The SMILES string of the molecule is CCn1cc(CN(C(=O)/C=C/c2cnc(N)nc2)C(C)C)cn1. The molecule has 23 heavy (non-hydrogen) atoms. The number of carbonyl (C=O) groups is 1. The van der Waals surface area contributed by atoms with Gasteiger partial charge >= 0.3 is 0 Å². The highest BCUT2D eigenvalue weighted by molar-refractivity contribution is 5.91. The number of rotatable bonds is 6. The first-order valence-corrected chi connectivity index (χ1v) is 7.57. The highest BCUT2D eigenvalue weighted by Gasteiger charge is 2.15. The molecule has 2 N–H and O–H groups in total. The van der Waals surface area contributed by atoms with Gasteiger partial charge in [0, 0.05) is 54.9 Å². The zero-order valence-electron chi connectivity index (χ0n) is 13.7. The van der Waals surface area contributed by atoms with Crippen LogP contribution in [0.15, 0.2) is 30.9 Å². The van der Waals surface area contributed by atoms with Gasteiger partial charge in [0.05, 0.1) is 6.20 Å². The van der Waals surface area contributed by atoms with Gasteiger partial charge in [-0.05, 0) is 26.8 Å². The number of nitrogens with zero attached hydrogens (tertiary/aromatic N) is 5. The zero-order chi connectivity index (χ0) is 16.8. The number of hydrogen-bond acceptors (Lipinski definition) is 5. The van der Waals surface area contributed by atoms with Crippen LogP contribution in [0.25, 0.3) is 6.08 Å². The Morgan fingerprint density at radius 2 is 2.04 bits per heavy atom. The Labute approximate surface area is 135 Å². The minimum atomic E-state index is -0.0685. The van der Waals surface area contributed by atoms with Crippen molar-refractivity contribution in [1.29, 1.82) is 0 Å². The van der Waals surface area contributed by atoms with Gasteiger partial charge in [-0.2, -0.15) is 5.10 Å². The standard InChI is InChI=1S/C16H22N6O/c1-4-21-10-14(9-20-21)11-22(12(2)3)15(23)6-5-13-7-18-16(17)19-8-13/h5-10,12H,4,11H2,1-3H3,(H2,17,18,19)/b6-5+. The van der Waals surface area contributed by atoms with Crippen LogP contribution in [-0.4, -0.2) is 36.6 Å². The van der Waals surface area contributed by atoms with Gasteiger partial charge in [0.1, 0.15) is 0 Å². The maximum absolute atomic E-state index is 12.5. The quantitative estimate of drug-likeness (QED) is 0.820. The van der Waals surface area contributed by atoms with Gasteiger partial charge in [-0.3, -0.25) is 9.48 Å². The van der Waals surface area contributed by atoms with Crippen molar-refractivity contribution in [3.63, 3.8) is 0 Å². The summed E-state index contributed by atoms with van der Waals surface area (Å²) < 4.78 is 1.85. The van der Waals surface area contributed by atoms with E-state index in [1.807, 2.05) is 31.6 Å². The number of carbonyl (C=O) groups excluding carboxylic acids is 1. The summed E-state index contributed by atoms with van der Waals surface area (Å²) in [6.45, 7) is 7.34. The first kappa shape index (κ1) is 16.7. The number of amides is 1. The fourth-order valence-electron chi connectivity index (χ4n) is 2.07. The Morgan fingerprint density at radius 3 is 2.61 bits per heavy atom. The van der Waals surface area contributed by atoms with E-state index in [9.17, 15) is 4.79 Å². The van der Waals surface area contributed by atoms with Crippen LogP contribution in [0.5, 0.6) is 0 Å². The van der Waals surface area contributed by atoms with E-state index < -0.39 is 0 Å². The molecular formula is C16H22N6O. The third kappa shape index (κ3) is 4.64. The predicted molar refractivity (Wildman–Crippen MR) is 89.1 cm³/mol. The van der Waals surface area contributed by atoms with Gasteiger partial charge in [-0.15, -0.1) is 0 Å². The van der Waals surface area contributed by atoms with E-state index >= 15 is 0 Å². The Bertz CT molecular complexity index is 674. The van der Waals surface area contributed by atoms with Crippen molar-refractivity contribution in [2.45, 2.75) is 39.9 Å². The van der Waals surface area contributed by atoms with Crippen LogP contribution in [0.2, 0.25) is 0 Å². The van der Waals surface area contributed by atoms with Crippen molar-refractivity contribution in [3.05, 3.63) is 42.0 Å². The van der Waals surface area contributed by atoms with Crippen molar-refractivity contribution < 1.29 is 4.79 Å². The number of nitrogen functional groups attached to an aromatic ring is 1. The summed E-state index contributed by atoms with van der Waals surface area (Å²) in [7, 11) is 0. The smallest absolute Gasteiger partial charge is 0.247 e.